The van der Waals surface area contributed by atoms with E-state index >= 15 is 0 Å². The maximum atomic E-state index is 12.2. The van der Waals surface area contributed by atoms with Crippen molar-refractivity contribution in [2.24, 2.45) is 4.99 Å². The summed E-state index contributed by atoms with van der Waals surface area (Å²) >= 11 is 11.9. The maximum Gasteiger partial charge on any atom is 0.363 e. The summed E-state index contributed by atoms with van der Waals surface area (Å²) < 4.78 is 16.0. The summed E-state index contributed by atoms with van der Waals surface area (Å²) in [5, 5.41) is 0.724. The van der Waals surface area contributed by atoms with Gasteiger partial charge in [0.15, 0.2) is 17.2 Å². The van der Waals surface area contributed by atoms with Crippen LogP contribution in [0, 0.1) is 0 Å². The highest BCUT2D eigenvalue weighted by Crippen LogP contribution is 2.31. The van der Waals surface area contributed by atoms with Crippen LogP contribution in [0.25, 0.3) is 6.08 Å². The molecule has 1 aliphatic heterocycles. The number of aliphatic imine (C=N–C) groups is 1. The number of hydrogen-bond acceptors (Lipinski definition) is 6. The van der Waals surface area contributed by atoms with Crippen LogP contribution < -0.4 is 9.47 Å². The number of cyclic esters (lactones) is 1. The fourth-order valence-electron chi connectivity index (χ4n) is 2.48. The third-order valence-corrected chi connectivity index (χ3v) is 4.61. The lowest BCUT2D eigenvalue weighted by Gasteiger charge is -2.10. The Morgan fingerprint density at radius 3 is 2.59 bits per heavy atom. The zero-order valence-corrected chi connectivity index (χ0v) is 17.2. The quantitative estimate of drug-likeness (QED) is 0.361. The molecule has 0 aliphatic carbocycles. The largest absolute Gasteiger partial charge is 0.490 e. The van der Waals surface area contributed by atoms with E-state index < -0.39 is 5.97 Å². The summed E-state index contributed by atoms with van der Waals surface area (Å²) in [5.74, 6) is -0.116. The Balaban J connectivity index is 1.91. The predicted octanol–water partition coefficient (Wildman–Crippen LogP) is 5.05. The van der Waals surface area contributed by atoms with Gasteiger partial charge in [-0.2, -0.15) is 0 Å². The first-order valence-corrected chi connectivity index (χ1v) is 9.62. The van der Waals surface area contributed by atoms with Crippen LogP contribution in [-0.4, -0.2) is 24.4 Å². The van der Waals surface area contributed by atoms with Gasteiger partial charge in [-0.05, 0) is 48.9 Å². The molecule has 150 valence electrons. The normalized spacial score (nSPS) is 14.6. The van der Waals surface area contributed by atoms with Gasteiger partial charge in [-0.15, -0.1) is 0 Å². The van der Waals surface area contributed by atoms with Crippen molar-refractivity contribution >= 4 is 47.1 Å². The van der Waals surface area contributed by atoms with Crippen molar-refractivity contribution in [3.05, 3.63) is 63.3 Å². The molecule has 0 N–H and O–H groups in total. The van der Waals surface area contributed by atoms with Gasteiger partial charge in [0, 0.05) is 12.0 Å². The van der Waals surface area contributed by atoms with Crippen LogP contribution in [0.2, 0.25) is 10.0 Å². The second kappa shape index (κ2) is 9.11. The van der Waals surface area contributed by atoms with Crippen LogP contribution >= 0.6 is 23.2 Å². The van der Waals surface area contributed by atoms with E-state index in [1.807, 2.05) is 6.92 Å². The van der Waals surface area contributed by atoms with Crippen LogP contribution in [0.15, 0.2) is 47.1 Å². The van der Waals surface area contributed by atoms with Crippen LogP contribution in [-0.2, 0) is 14.3 Å². The number of nitrogens with zero attached hydrogens (tertiary/aromatic N) is 1. The van der Waals surface area contributed by atoms with E-state index in [1.165, 1.54) is 0 Å². The van der Waals surface area contributed by atoms with Gasteiger partial charge in [0.1, 0.15) is 0 Å². The summed E-state index contributed by atoms with van der Waals surface area (Å²) in [6, 6.07) is 9.79. The SMILES string of the molecule is CCOc1cc(/C=C2\N=C(c3ccc(Cl)c(Cl)c3)OC2=O)ccc1OC(=O)CC. The zero-order valence-electron chi connectivity index (χ0n) is 15.7. The number of esters is 2. The lowest BCUT2D eigenvalue weighted by atomic mass is 10.1. The Kier molecular flexibility index (Phi) is 6.56. The first-order chi connectivity index (χ1) is 13.9. The fraction of sp³-hybridized carbons (Fsp3) is 0.190. The van der Waals surface area contributed by atoms with Gasteiger partial charge in [-0.3, -0.25) is 4.79 Å². The highest BCUT2D eigenvalue weighted by atomic mass is 35.5. The standard InChI is InChI=1S/C21H17Cl2NO5/c1-3-19(25)28-17-8-5-12(10-18(17)27-4-2)9-16-21(26)29-20(24-16)13-6-7-14(22)15(23)11-13/h5-11H,3-4H2,1-2H3/b16-9-. The molecule has 0 radical (unpaired) electrons. The fourth-order valence-corrected chi connectivity index (χ4v) is 2.78. The van der Waals surface area contributed by atoms with Gasteiger partial charge < -0.3 is 14.2 Å². The molecule has 0 amide bonds. The van der Waals surface area contributed by atoms with Gasteiger partial charge in [-0.1, -0.05) is 36.2 Å². The lowest BCUT2D eigenvalue weighted by molar-refractivity contribution is -0.134. The number of carbonyl (C=O) groups is 2. The maximum absolute atomic E-state index is 12.2. The van der Waals surface area contributed by atoms with Crippen LogP contribution in [0.4, 0.5) is 0 Å². The highest BCUT2D eigenvalue weighted by Gasteiger charge is 2.24. The Morgan fingerprint density at radius 1 is 1.10 bits per heavy atom. The third kappa shape index (κ3) is 4.96. The van der Waals surface area contributed by atoms with Crippen LogP contribution in [0.1, 0.15) is 31.4 Å². The third-order valence-electron chi connectivity index (χ3n) is 3.87. The summed E-state index contributed by atoms with van der Waals surface area (Å²) in [4.78, 5) is 28.0. The van der Waals surface area contributed by atoms with Crippen molar-refractivity contribution in [2.45, 2.75) is 20.3 Å². The summed E-state index contributed by atoms with van der Waals surface area (Å²) in [7, 11) is 0. The molecule has 0 atom stereocenters. The Hall–Kier alpha value is -2.83. The minimum Gasteiger partial charge on any atom is -0.490 e. The number of halogens is 2. The van der Waals surface area contributed by atoms with Gasteiger partial charge >= 0.3 is 11.9 Å². The molecular formula is C21H17Cl2NO5. The molecule has 1 aliphatic rings. The van der Waals surface area contributed by atoms with Crippen molar-refractivity contribution in [2.75, 3.05) is 6.61 Å². The monoisotopic (exact) mass is 433 g/mol. The molecular weight excluding hydrogens is 417 g/mol. The zero-order chi connectivity index (χ0) is 21.0. The second-order valence-corrected chi connectivity index (χ2v) is 6.75. The van der Waals surface area contributed by atoms with E-state index in [4.69, 9.17) is 37.4 Å². The van der Waals surface area contributed by atoms with Crippen molar-refractivity contribution in [1.82, 2.24) is 0 Å². The molecule has 0 aromatic heterocycles. The minimum atomic E-state index is -0.592. The molecule has 6 nitrogen and oxygen atoms in total. The van der Waals surface area contributed by atoms with Crippen LogP contribution in [0.5, 0.6) is 11.5 Å². The lowest BCUT2D eigenvalue weighted by Crippen LogP contribution is -2.07. The smallest absolute Gasteiger partial charge is 0.363 e. The summed E-state index contributed by atoms with van der Waals surface area (Å²) in [5.41, 5.74) is 1.29. The van der Waals surface area contributed by atoms with Gasteiger partial charge in [-0.25, -0.2) is 9.79 Å². The predicted molar refractivity (Wildman–Crippen MR) is 111 cm³/mol. The van der Waals surface area contributed by atoms with Crippen LogP contribution in [0.3, 0.4) is 0 Å². The van der Waals surface area contributed by atoms with E-state index in [-0.39, 0.29) is 24.0 Å². The molecule has 3 rings (SSSR count). The van der Waals surface area contributed by atoms with E-state index in [2.05, 4.69) is 4.99 Å². The number of ether oxygens (including phenoxy) is 3. The number of benzene rings is 2. The average Bonchev–Trinajstić information content (AvgIpc) is 3.06. The Labute approximate surface area is 177 Å². The molecule has 1 heterocycles. The van der Waals surface area contributed by atoms with Crippen molar-refractivity contribution in [3.63, 3.8) is 0 Å². The van der Waals surface area contributed by atoms with Crippen molar-refractivity contribution in [1.29, 1.82) is 0 Å². The molecule has 0 spiro atoms. The molecule has 0 unspecified atom stereocenters. The minimum absolute atomic E-state index is 0.117. The Morgan fingerprint density at radius 2 is 1.90 bits per heavy atom. The van der Waals surface area contributed by atoms with Gasteiger partial charge in [0.2, 0.25) is 5.90 Å². The van der Waals surface area contributed by atoms with Gasteiger partial charge in [0.25, 0.3) is 0 Å². The number of hydrogen-bond donors (Lipinski definition) is 0. The van der Waals surface area contributed by atoms with E-state index in [9.17, 15) is 9.59 Å². The van der Waals surface area contributed by atoms with E-state index in [1.54, 1.807) is 49.4 Å². The molecule has 8 heteroatoms. The molecule has 0 bridgehead atoms. The van der Waals surface area contributed by atoms with Gasteiger partial charge in [0.05, 0.1) is 16.7 Å². The first kappa shape index (κ1) is 20.9. The molecule has 0 saturated carbocycles. The number of rotatable bonds is 6. The molecule has 2 aromatic carbocycles. The average molecular weight is 434 g/mol. The van der Waals surface area contributed by atoms with Crippen molar-refractivity contribution in [3.8, 4) is 11.5 Å². The highest BCUT2D eigenvalue weighted by molar-refractivity contribution is 6.42. The molecule has 0 fully saturated rings. The van der Waals surface area contributed by atoms with E-state index in [0.717, 1.165) is 0 Å². The summed E-state index contributed by atoms with van der Waals surface area (Å²) in [6.07, 6.45) is 1.80. The topological polar surface area (TPSA) is 74.2 Å². The number of carbonyl (C=O) groups excluding carboxylic acids is 2. The molecule has 0 saturated heterocycles. The molecule has 2 aromatic rings. The van der Waals surface area contributed by atoms with Crippen molar-refractivity contribution < 1.29 is 23.8 Å². The Bertz CT molecular complexity index is 1030. The summed E-state index contributed by atoms with van der Waals surface area (Å²) in [6.45, 7) is 3.91. The molecule has 29 heavy (non-hydrogen) atoms. The van der Waals surface area contributed by atoms with E-state index in [0.29, 0.717) is 39.3 Å². The second-order valence-electron chi connectivity index (χ2n) is 5.93. The first-order valence-electron chi connectivity index (χ1n) is 8.86.